The zero-order valence-electron chi connectivity index (χ0n) is 18.7. The molecule has 0 amide bonds. The Morgan fingerprint density at radius 3 is 2.80 bits per heavy atom. The maximum absolute atomic E-state index is 12.5. The van der Waals surface area contributed by atoms with Crippen LogP contribution in [0, 0.1) is 0 Å². The van der Waals surface area contributed by atoms with Crippen molar-refractivity contribution in [3.8, 4) is 28.5 Å². The van der Waals surface area contributed by atoms with Crippen LogP contribution in [0.25, 0.3) is 33.1 Å². The van der Waals surface area contributed by atoms with E-state index in [1.165, 1.54) is 0 Å². The van der Waals surface area contributed by atoms with Crippen molar-refractivity contribution in [3.63, 3.8) is 0 Å². The molecule has 0 saturated carbocycles. The number of nitrogen functional groups attached to an aromatic ring is 1. The molecule has 3 aromatic carbocycles. The zero-order valence-corrected chi connectivity index (χ0v) is 19.5. The van der Waals surface area contributed by atoms with Gasteiger partial charge in [-0.2, -0.15) is 8.75 Å². The molecule has 176 valence electrons. The lowest BCUT2D eigenvalue weighted by Crippen LogP contribution is -2.14. The number of carbonyl (C=O) groups is 1. The maximum atomic E-state index is 12.5. The molecule has 5 aromatic rings. The predicted molar refractivity (Wildman–Crippen MR) is 132 cm³/mol. The summed E-state index contributed by atoms with van der Waals surface area (Å²) in [5.74, 6) is 1.73. The van der Waals surface area contributed by atoms with E-state index in [4.69, 9.17) is 24.7 Å². The van der Waals surface area contributed by atoms with Crippen molar-refractivity contribution >= 4 is 45.5 Å². The van der Waals surface area contributed by atoms with Crippen molar-refractivity contribution < 1.29 is 23.7 Å². The highest BCUT2D eigenvalue weighted by molar-refractivity contribution is 7.00. The van der Waals surface area contributed by atoms with Crippen molar-refractivity contribution in [2.75, 3.05) is 19.1 Å². The normalized spacial score (nSPS) is 12.4. The third-order valence-corrected chi connectivity index (χ3v) is 6.36. The van der Waals surface area contributed by atoms with Gasteiger partial charge in [0.25, 0.3) is 0 Å². The summed E-state index contributed by atoms with van der Waals surface area (Å²) in [6.07, 6.45) is -0.784. The van der Waals surface area contributed by atoms with E-state index in [0.29, 0.717) is 29.6 Å². The molecular formula is C25H20N4O5S. The minimum atomic E-state index is -0.784. The van der Waals surface area contributed by atoms with E-state index in [0.717, 1.165) is 50.4 Å². The minimum absolute atomic E-state index is 0.194. The number of nitrogens with zero attached hydrogens (tertiary/aromatic N) is 3. The van der Waals surface area contributed by atoms with E-state index in [-0.39, 0.29) is 13.4 Å². The Morgan fingerprint density at radius 1 is 1.06 bits per heavy atom. The van der Waals surface area contributed by atoms with Crippen molar-refractivity contribution in [2.24, 2.45) is 0 Å². The molecule has 2 aromatic heterocycles. The second-order valence-corrected chi connectivity index (χ2v) is 8.51. The molecule has 6 rings (SSSR count). The summed E-state index contributed by atoms with van der Waals surface area (Å²) in [6, 6.07) is 17.1. The fourth-order valence-electron chi connectivity index (χ4n) is 4.28. The van der Waals surface area contributed by atoms with Crippen LogP contribution in [-0.4, -0.2) is 32.9 Å². The Kier molecular flexibility index (Phi) is 5.14. The van der Waals surface area contributed by atoms with E-state index in [1.54, 1.807) is 6.92 Å². The number of benzene rings is 3. The monoisotopic (exact) mass is 488 g/mol. The summed E-state index contributed by atoms with van der Waals surface area (Å²) in [5.41, 5.74) is 11.7. The number of rotatable bonds is 5. The van der Waals surface area contributed by atoms with Gasteiger partial charge in [-0.25, -0.2) is 4.79 Å². The quantitative estimate of drug-likeness (QED) is 0.265. The van der Waals surface area contributed by atoms with Gasteiger partial charge in [-0.1, -0.05) is 12.1 Å². The smallest absolute Gasteiger partial charge is 0.454 e. The first-order chi connectivity index (χ1) is 17.1. The summed E-state index contributed by atoms with van der Waals surface area (Å²) >= 11 is 1.15. The van der Waals surface area contributed by atoms with Crippen molar-refractivity contribution in [1.29, 1.82) is 0 Å². The van der Waals surface area contributed by atoms with Crippen LogP contribution in [-0.2, 0) is 11.3 Å². The van der Waals surface area contributed by atoms with Gasteiger partial charge in [0.15, 0.2) is 11.5 Å². The van der Waals surface area contributed by atoms with Crippen LogP contribution in [0.15, 0.2) is 54.6 Å². The third-order valence-electron chi connectivity index (χ3n) is 5.80. The van der Waals surface area contributed by atoms with Crippen LogP contribution < -0.4 is 19.9 Å². The number of nitrogens with two attached hydrogens (primary N) is 1. The first kappa shape index (κ1) is 21.2. The van der Waals surface area contributed by atoms with E-state index < -0.39 is 6.16 Å². The number of fused-ring (bicyclic) bond motifs is 3. The lowest BCUT2D eigenvalue weighted by molar-refractivity contribution is 0.101. The topological polar surface area (TPSA) is 111 Å². The molecule has 0 radical (unpaired) electrons. The van der Waals surface area contributed by atoms with Gasteiger partial charge >= 0.3 is 6.16 Å². The molecule has 3 heterocycles. The molecule has 35 heavy (non-hydrogen) atoms. The molecule has 9 nitrogen and oxygen atoms in total. The van der Waals surface area contributed by atoms with Gasteiger partial charge in [-0.3, -0.25) is 0 Å². The second kappa shape index (κ2) is 8.48. The first-order valence-corrected chi connectivity index (χ1v) is 11.7. The molecule has 2 N–H and O–H groups in total. The van der Waals surface area contributed by atoms with E-state index in [9.17, 15) is 4.79 Å². The van der Waals surface area contributed by atoms with Crippen LogP contribution in [0.3, 0.4) is 0 Å². The SMILES string of the molecule is CCOC(=O)Oc1c(-c2ccc3nsnc3c2)c2cc(N)ccc2n1Cc1ccc2c(c1)OCO2. The van der Waals surface area contributed by atoms with Crippen LogP contribution in [0.1, 0.15) is 12.5 Å². The highest BCUT2D eigenvalue weighted by Gasteiger charge is 2.24. The average Bonchev–Trinajstić information content (AvgIpc) is 3.57. The zero-order chi connectivity index (χ0) is 23.9. The van der Waals surface area contributed by atoms with Gasteiger partial charge in [-0.15, -0.1) is 0 Å². The van der Waals surface area contributed by atoms with Gasteiger partial charge in [-0.05, 0) is 60.5 Å². The highest BCUT2D eigenvalue weighted by Crippen LogP contribution is 2.43. The highest BCUT2D eigenvalue weighted by atomic mass is 32.1. The lowest BCUT2D eigenvalue weighted by atomic mass is 10.0. The van der Waals surface area contributed by atoms with Gasteiger partial charge < -0.3 is 29.2 Å². The molecule has 0 bridgehead atoms. The minimum Gasteiger partial charge on any atom is -0.454 e. The van der Waals surface area contributed by atoms with Gasteiger partial charge in [0.05, 0.1) is 36.0 Å². The van der Waals surface area contributed by atoms with Crippen LogP contribution in [0.2, 0.25) is 0 Å². The largest absolute Gasteiger partial charge is 0.515 e. The van der Waals surface area contributed by atoms with Crippen molar-refractivity contribution in [2.45, 2.75) is 13.5 Å². The molecule has 0 saturated heterocycles. The lowest BCUT2D eigenvalue weighted by Gasteiger charge is -2.13. The number of hydrogen-bond acceptors (Lipinski definition) is 9. The molecule has 0 atom stereocenters. The summed E-state index contributed by atoms with van der Waals surface area (Å²) in [5, 5.41) is 0.840. The van der Waals surface area contributed by atoms with Crippen LogP contribution in [0.4, 0.5) is 10.5 Å². The number of carbonyl (C=O) groups excluding carboxylic acids is 1. The molecule has 0 fully saturated rings. The number of hydrogen-bond donors (Lipinski definition) is 1. The molecule has 1 aliphatic rings. The number of ether oxygens (including phenoxy) is 4. The third kappa shape index (κ3) is 3.77. The molecule has 0 unspecified atom stereocenters. The van der Waals surface area contributed by atoms with E-state index >= 15 is 0 Å². The molecule has 10 heteroatoms. The van der Waals surface area contributed by atoms with E-state index in [1.807, 2.05) is 59.2 Å². The Bertz CT molecular complexity index is 1590. The van der Waals surface area contributed by atoms with Gasteiger partial charge in [0.1, 0.15) is 11.0 Å². The number of anilines is 1. The average molecular weight is 489 g/mol. The Morgan fingerprint density at radius 2 is 1.91 bits per heavy atom. The number of aromatic nitrogens is 3. The fourth-order valence-corrected chi connectivity index (χ4v) is 4.79. The standard InChI is InChI=1S/C25H20N4O5S/c1-2-31-25(30)34-24-23(15-4-6-18-19(10-15)28-35-27-18)17-11-16(26)5-7-20(17)29(24)12-14-3-8-21-22(9-14)33-13-32-21/h3-11H,2,12-13,26H2,1H3. The van der Waals surface area contributed by atoms with E-state index in [2.05, 4.69) is 8.75 Å². The molecule has 1 aliphatic heterocycles. The summed E-state index contributed by atoms with van der Waals surface area (Å²) in [6.45, 7) is 2.53. The Labute approximate surface area is 203 Å². The fraction of sp³-hybridized carbons (Fsp3) is 0.160. The predicted octanol–water partition coefficient (Wildman–Crippen LogP) is 5.21. The van der Waals surface area contributed by atoms with Crippen LogP contribution in [0.5, 0.6) is 17.4 Å². The van der Waals surface area contributed by atoms with Crippen LogP contribution >= 0.6 is 11.7 Å². The van der Waals surface area contributed by atoms with Crippen molar-refractivity contribution in [1.82, 2.24) is 13.3 Å². The maximum Gasteiger partial charge on any atom is 0.515 e. The molecule has 0 aliphatic carbocycles. The van der Waals surface area contributed by atoms with Crippen molar-refractivity contribution in [3.05, 3.63) is 60.2 Å². The molecule has 0 spiro atoms. The van der Waals surface area contributed by atoms with Gasteiger partial charge in [0.2, 0.25) is 12.7 Å². The summed E-state index contributed by atoms with van der Waals surface area (Å²) in [4.78, 5) is 12.5. The first-order valence-electron chi connectivity index (χ1n) is 11.0. The Hall–Kier alpha value is -4.31. The second-order valence-electron chi connectivity index (χ2n) is 7.98. The van der Waals surface area contributed by atoms with Gasteiger partial charge in [0, 0.05) is 11.1 Å². The Balaban J connectivity index is 1.57. The summed E-state index contributed by atoms with van der Waals surface area (Å²) in [7, 11) is 0. The summed E-state index contributed by atoms with van der Waals surface area (Å²) < 4.78 is 32.5. The molecular weight excluding hydrogens is 468 g/mol.